The Labute approximate surface area is 269 Å². The quantitative estimate of drug-likeness (QED) is 0.101. The number of anilines is 1. The molecule has 0 bridgehead atoms. The average molecular weight is 635 g/mol. The van der Waals surface area contributed by atoms with Crippen molar-refractivity contribution in [2.45, 2.75) is 63.5 Å². The standard InChI is InChI=1S/C33H46N8O5/c34-30(45)29(23-10-12-25(42)13-11-23)39-31(46)26(9-6-16-37-32(35)36)38-27(43)21-33(14-4-5-15-33)22-28(44)41-19-17-40(18-20-41)24-7-2-1-3-8-24/h1-3,7-8,10-13,26,29,42H,4-6,9,14-22H2,(H2,34,45)(H,38,43)(H,39,46)(H4,35,36,37). The van der Waals surface area contributed by atoms with Crippen molar-refractivity contribution in [1.82, 2.24) is 15.5 Å². The third-order valence-corrected chi connectivity index (χ3v) is 8.87. The maximum atomic E-state index is 13.5. The molecule has 2 unspecified atom stereocenters. The summed E-state index contributed by atoms with van der Waals surface area (Å²) in [5, 5.41) is 15.1. The predicted octanol–water partition coefficient (Wildman–Crippen LogP) is 1.26. The number of hydrogen-bond acceptors (Lipinski definition) is 7. The summed E-state index contributed by atoms with van der Waals surface area (Å²) in [4.78, 5) is 60.9. The molecule has 2 atom stereocenters. The first-order valence-corrected chi connectivity index (χ1v) is 15.9. The van der Waals surface area contributed by atoms with Crippen LogP contribution < -0.4 is 32.7 Å². The third-order valence-electron chi connectivity index (χ3n) is 8.87. The molecule has 1 saturated carbocycles. The number of primary amides is 1. The van der Waals surface area contributed by atoms with Crippen LogP contribution in [0.3, 0.4) is 0 Å². The van der Waals surface area contributed by atoms with Crippen LogP contribution in [-0.2, 0) is 19.2 Å². The monoisotopic (exact) mass is 634 g/mol. The second kappa shape index (κ2) is 16.0. The molecule has 2 aromatic rings. The van der Waals surface area contributed by atoms with Gasteiger partial charge in [0, 0.05) is 51.3 Å². The lowest BCUT2D eigenvalue weighted by Gasteiger charge is -2.38. The van der Waals surface area contributed by atoms with E-state index in [-0.39, 0.29) is 49.3 Å². The van der Waals surface area contributed by atoms with Crippen molar-refractivity contribution in [2.24, 2.45) is 27.6 Å². The van der Waals surface area contributed by atoms with E-state index in [1.807, 2.05) is 23.1 Å². The smallest absolute Gasteiger partial charge is 0.244 e. The number of nitrogens with two attached hydrogens (primary N) is 3. The number of phenols is 1. The number of carbonyl (C=O) groups is 4. The zero-order valence-electron chi connectivity index (χ0n) is 26.2. The maximum absolute atomic E-state index is 13.5. The Balaban J connectivity index is 1.39. The van der Waals surface area contributed by atoms with Crippen LogP contribution in [0.1, 0.15) is 63.0 Å². The van der Waals surface area contributed by atoms with Crippen LogP contribution >= 0.6 is 0 Å². The zero-order chi connectivity index (χ0) is 33.1. The molecule has 2 fully saturated rings. The molecule has 9 N–H and O–H groups in total. The Bertz CT molecular complexity index is 1370. The summed E-state index contributed by atoms with van der Waals surface area (Å²) in [6, 6.07) is 13.7. The first-order chi connectivity index (χ1) is 22.0. The fourth-order valence-corrected chi connectivity index (χ4v) is 6.41. The van der Waals surface area contributed by atoms with E-state index in [1.165, 1.54) is 24.3 Å². The van der Waals surface area contributed by atoms with Gasteiger partial charge in [-0.15, -0.1) is 0 Å². The molecule has 0 aromatic heterocycles. The van der Waals surface area contributed by atoms with Gasteiger partial charge in [-0.05, 0) is 60.9 Å². The molecular formula is C33H46N8O5. The molecule has 0 spiro atoms. The molecule has 1 heterocycles. The van der Waals surface area contributed by atoms with E-state index in [9.17, 15) is 24.3 Å². The van der Waals surface area contributed by atoms with Gasteiger partial charge in [-0.3, -0.25) is 24.2 Å². The molecule has 4 rings (SSSR count). The number of aromatic hydroxyl groups is 1. The molecule has 2 aromatic carbocycles. The van der Waals surface area contributed by atoms with Gasteiger partial charge in [0.1, 0.15) is 17.8 Å². The summed E-state index contributed by atoms with van der Waals surface area (Å²) in [6.45, 7) is 2.98. The van der Waals surface area contributed by atoms with Gasteiger partial charge in [-0.2, -0.15) is 0 Å². The molecule has 1 aliphatic heterocycles. The predicted molar refractivity (Wildman–Crippen MR) is 175 cm³/mol. The van der Waals surface area contributed by atoms with Gasteiger partial charge in [-0.1, -0.05) is 43.2 Å². The van der Waals surface area contributed by atoms with Crippen LogP contribution in [0.2, 0.25) is 0 Å². The van der Waals surface area contributed by atoms with E-state index in [4.69, 9.17) is 17.2 Å². The summed E-state index contributed by atoms with van der Waals surface area (Å²) in [5.74, 6) is -1.77. The molecule has 46 heavy (non-hydrogen) atoms. The van der Waals surface area contributed by atoms with Crippen molar-refractivity contribution in [1.29, 1.82) is 0 Å². The second-order valence-electron chi connectivity index (χ2n) is 12.3. The van der Waals surface area contributed by atoms with E-state index < -0.39 is 29.3 Å². The number of amides is 4. The highest BCUT2D eigenvalue weighted by atomic mass is 16.3. The van der Waals surface area contributed by atoms with Crippen molar-refractivity contribution in [3.05, 3.63) is 60.2 Å². The average Bonchev–Trinajstić information content (AvgIpc) is 3.49. The summed E-state index contributed by atoms with van der Waals surface area (Å²) in [5.41, 5.74) is 17.5. The van der Waals surface area contributed by atoms with Crippen LogP contribution in [0.5, 0.6) is 5.75 Å². The molecule has 2 aliphatic rings. The van der Waals surface area contributed by atoms with Crippen LogP contribution in [0.15, 0.2) is 59.6 Å². The van der Waals surface area contributed by atoms with Crippen molar-refractivity contribution in [3.8, 4) is 5.75 Å². The molecule has 248 valence electrons. The van der Waals surface area contributed by atoms with Gasteiger partial charge >= 0.3 is 0 Å². The second-order valence-corrected chi connectivity index (χ2v) is 12.3. The van der Waals surface area contributed by atoms with Crippen molar-refractivity contribution < 1.29 is 24.3 Å². The lowest BCUT2D eigenvalue weighted by atomic mass is 9.78. The van der Waals surface area contributed by atoms with E-state index in [0.29, 0.717) is 25.1 Å². The highest BCUT2D eigenvalue weighted by Crippen LogP contribution is 2.44. The molecule has 4 amide bonds. The van der Waals surface area contributed by atoms with Gasteiger partial charge in [0.2, 0.25) is 23.6 Å². The number of rotatable bonds is 14. The van der Waals surface area contributed by atoms with Crippen LogP contribution in [-0.4, -0.2) is 78.4 Å². The maximum Gasteiger partial charge on any atom is 0.244 e. The SMILES string of the molecule is NC(=O)C(NC(=O)C(CCCN=C(N)N)NC(=O)CC1(CC(=O)N2CCN(c3ccccc3)CC2)CCCC1)c1ccc(O)cc1. The molecule has 1 aliphatic carbocycles. The van der Waals surface area contributed by atoms with E-state index in [0.717, 1.165) is 44.5 Å². The fraction of sp³-hybridized carbons (Fsp3) is 0.485. The Hall–Kier alpha value is -4.81. The summed E-state index contributed by atoms with van der Waals surface area (Å²) >= 11 is 0. The number of carbonyl (C=O) groups excluding carboxylic acids is 4. The largest absolute Gasteiger partial charge is 0.508 e. The highest BCUT2D eigenvalue weighted by molar-refractivity contribution is 5.92. The number of hydrogen-bond donors (Lipinski definition) is 6. The Morgan fingerprint density at radius 1 is 0.870 bits per heavy atom. The number of guanidine groups is 1. The minimum Gasteiger partial charge on any atom is -0.508 e. The first-order valence-electron chi connectivity index (χ1n) is 15.9. The van der Waals surface area contributed by atoms with Crippen LogP contribution in [0.4, 0.5) is 5.69 Å². The summed E-state index contributed by atoms with van der Waals surface area (Å²) < 4.78 is 0. The first kappa shape index (κ1) is 34.1. The van der Waals surface area contributed by atoms with Gasteiger partial charge in [-0.25, -0.2) is 0 Å². The fourth-order valence-electron chi connectivity index (χ4n) is 6.41. The normalized spacial score (nSPS) is 17.0. The van der Waals surface area contributed by atoms with E-state index in [2.05, 4.69) is 32.7 Å². The number of piperazine rings is 1. The van der Waals surface area contributed by atoms with Gasteiger partial charge in [0.25, 0.3) is 0 Å². The van der Waals surface area contributed by atoms with Crippen LogP contribution in [0, 0.1) is 5.41 Å². The topological polar surface area (TPSA) is 209 Å². The Morgan fingerprint density at radius 3 is 2.13 bits per heavy atom. The van der Waals surface area contributed by atoms with E-state index >= 15 is 0 Å². The Morgan fingerprint density at radius 2 is 1.52 bits per heavy atom. The highest BCUT2D eigenvalue weighted by Gasteiger charge is 2.40. The van der Waals surface area contributed by atoms with Gasteiger partial charge < -0.3 is 42.7 Å². The van der Waals surface area contributed by atoms with Crippen molar-refractivity contribution in [2.75, 3.05) is 37.6 Å². The zero-order valence-corrected chi connectivity index (χ0v) is 26.2. The molecule has 0 radical (unpaired) electrons. The molecule has 1 saturated heterocycles. The number of aliphatic imine (C=N–C) groups is 1. The summed E-state index contributed by atoms with van der Waals surface area (Å²) in [6.07, 6.45) is 4.33. The molecule has 13 heteroatoms. The van der Waals surface area contributed by atoms with Crippen LogP contribution in [0.25, 0.3) is 0 Å². The number of benzene rings is 2. The van der Waals surface area contributed by atoms with Gasteiger partial charge in [0.05, 0.1) is 0 Å². The lowest BCUT2D eigenvalue weighted by Crippen LogP contribution is -2.51. The number of phenolic OH excluding ortho intramolecular Hbond substituents is 1. The van der Waals surface area contributed by atoms with Crippen molar-refractivity contribution in [3.63, 3.8) is 0 Å². The van der Waals surface area contributed by atoms with E-state index in [1.54, 1.807) is 0 Å². The minimum absolute atomic E-state index is 0.00284. The lowest BCUT2D eigenvalue weighted by molar-refractivity contribution is -0.136. The molecule has 13 nitrogen and oxygen atoms in total. The minimum atomic E-state index is -1.17. The molecular weight excluding hydrogens is 588 g/mol. The van der Waals surface area contributed by atoms with Gasteiger partial charge in [0.15, 0.2) is 5.96 Å². The van der Waals surface area contributed by atoms with Crippen molar-refractivity contribution >= 4 is 35.3 Å². The number of para-hydroxylation sites is 1. The Kier molecular flexibility index (Phi) is 11.8. The summed E-state index contributed by atoms with van der Waals surface area (Å²) in [7, 11) is 0. The number of nitrogens with zero attached hydrogens (tertiary/aromatic N) is 3. The third kappa shape index (κ3) is 9.59. The number of nitrogens with one attached hydrogen (secondary N) is 2.